The molecule has 3 aromatic rings. The summed E-state index contributed by atoms with van der Waals surface area (Å²) in [4.78, 5) is 39.2. The number of sulfonamides is 1. The van der Waals surface area contributed by atoms with Crippen LogP contribution in [0.1, 0.15) is 42.5 Å². The number of amides is 3. The lowest BCUT2D eigenvalue weighted by Crippen LogP contribution is -2.54. The molecule has 2 heterocycles. The van der Waals surface area contributed by atoms with Crippen molar-refractivity contribution in [2.45, 2.75) is 42.5 Å². The van der Waals surface area contributed by atoms with Crippen LogP contribution in [0.15, 0.2) is 59.5 Å². The Balaban J connectivity index is 1.22. The number of Topliss-reactive ketones (excluding diaryl/α,β-unsaturated/α-hetero) is 1. The zero-order valence-electron chi connectivity index (χ0n) is 23.6. The van der Waals surface area contributed by atoms with Crippen LogP contribution < -0.4 is 24.8 Å². The molecule has 2 aliphatic rings. The van der Waals surface area contributed by atoms with Gasteiger partial charge in [0, 0.05) is 25.6 Å². The molecule has 0 unspecified atom stereocenters. The number of carbonyl (C=O) groups is 3. The lowest BCUT2D eigenvalue weighted by atomic mass is 9.87. The summed E-state index contributed by atoms with van der Waals surface area (Å²) in [7, 11) is -1.12. The molecule has 2 aliphatic heterocycles. The molecular formula is C30H34N4O7S. The number of nitrogens with one attached hydrogen (secondary N) is 3. The van der Waals surface area contributed by atoms with E-state index >= 15 is 0 Å². The van der Waals surface area contributed by atoms with Crippen molar-refractivity contribution < 1.29 is 32.3 Å². The number of likely N-dealkylation sites (tertiary alicyclic amines) is 1. The maximum atomic E-state index is 13.3. The number of ketones is 1. The van der Waals surface area contributed by atoms with Gasteiger partial charge < -0.3 is 19.7 Å². The van der Waals surface area contributed by atoms with E-state index in [4.69, 9.17) is 9.47 Å². The normalized spacial score (nSPS) is 16.7. The van der Waals surface area contributed by atoms with E-state index in [1.165, 1.54) is 32.4 Å². The molecule has 1 spiro atoms. The fourth-order valence-electron chi connectivity index (χ4n) is 5.53. The van der Waals surface area contributed by atoms with E-state index in [0.717, 1.165) is 23.7 Å². The van der Waals surface area contributed by atoms with Gasteiger partial charge in [-0.15, -0.1) is 0 Å². The van der Waals surface area contributed by atoms with Gasteiger partial charge in [-0.05, 0) is 61.2 Å². The highest BCUT2D eigenvalue weighted by molar-refractivity contribution is 7.92. The van der Waals surface area contributed by atoms with Crippen molar-refractivity contribution in [1.82, 2.24) is 15.5 Å². The third kappa shape index (κ3) is 6.04. The summed E-state index contributed by atoms with van der Waals surface area (Å²) in [6.45, 7) is 2.11. The molecule has 2 fully saturated rings. The highest BCUT2D eigenvalue weighted by Gasteiger charge is 2.47. The van der Waals surface area contributed by atoms with E-state index in [9.17, 15) is 22.8 Å². The zero-order valence-corrected chi connectivity index (χ0v) is 24.4. The largest absolute Gasteiger partial charge is 0.496 e. The number of hydrogen-bond donors (Lipinski definition) is 3. The van der Waals surface area contributed by atoms with E-state index < -0.39 is 21.6 Å². The van der Waals surface area contributed by atoms with Crippen molar-refractivity contribution in [1.29, 1.82) is 0 Å². The number of rotatable bonds is 11. The summed E-state index contributed by atoms with van der Waals surface area (Å²) in [6, 6.07) is 14.9. The molecule has 0 radical (unpaired) electrons. The van der Waals surface area contributed by atoms with E-state index in [-0.39, 0.29) is 40.0 Å². The standard InChI is InChI=1S/C30H34N4O7S/c1-40-26-19-27(41-2)24(33-42(38,39)22-11-10-20-7-3-4-8-21(20)17-22)18-23(26)25(35)9-5-6-14-34-15-12-30(13-16-34)28(36)31-29(37)32-30/h3-4,7-8,10-11,17-19,33H,5-6,9,12-16H2,1-2H3,(H2,31,32,36,37). The Morgan fingerprint density at radius 2 is 1.67 bits per heavy atom. The van der Waals surface area contributed by atoms with Crippen LogP contribution in [0.3, 0.4) is 0 Å². The third-order valence-electron chi connectivity index (χ3n) is 7.95. The molecule has 0 aliphatic carbocycles. The molecule has 5 rings (SSSR count). The van der Waals surface area contributed by atoms with E-state index in [2.05, 4.69) is 20.3 Å². The molecule has 0 saturated carbocycles. The van der Waals surface area contributed by atoms with Crippen LogP contribution in [-0.2, 0) is 14.8 Å². The lowest BCUT2D eigenvalue weighted by Gasteiger charge is -2.36. The van der Waals surface area contributed by atoms with Crippen LogP contribution in [0.4, 0.5) is 10.5 Å². The molecule has 11 nitrogen and oxygen atoms in total. The first-order chi connectivity index (χ1) is 20.1. The number of nitrogens with zero attached hydrogens (tertiary/aromatic N) is 1. The monoisotopic (exact) mass is 594 g/mol. The Kier molecular flexibility index (Phi) is 8.37. The van der Waals surface area contributed by atoms with Crippen molar-refractivity contribution in [2.75, 3.05) is 38.6 Å². The first-order valence-electron chi connectivity index (χ1n) is 13.8. The van der Waals surface area contributed by atoms with Gasteiger partial charge in [0.15, 0.2) is 5.78 Å². The molecule has 42 heavy (non-hydrogen) atoms. The fraction of sp³-hybridized carbons (Fsp3) is 0.367. The van der Waals surface area contributed by atoms with Gasteiger partial charge in [-0.3, -0.25) is 19.6 Å². The van der Waals surface area contributed by atoms with Crippen molar-refractivity contribution in [3.63, 3.8) is 0 Å². The summed E-state index contributed by atoms with van der Waals surface area (Å²) in [5, 5.41) is 6.79. The van der Waals surface area contributed by atoms with Gasteiger partial charge >= 0.3 is 6.03 Å². The van der Waals surface area contributed by atoms with Gasteiger partial charge in [-0.1, -0.05) is 30.3 Å². The second-order valence-corrected chi connectivity index (χ2v) is 12.3. The molecule has 12 heteroatoms. The van der Waals surface area contributed by atoms with Gasteiger partial charge in [-0.2, -0.15) is 0 Å². The second kappa shape index (κ2) is 12.0. The predicted molar refractivity (Wildman–Crippen MR) is 158 cm³/mol. The van der Waals surface area contributed by atoms with Crippen molar-refractivity contribution in [3.05, 3.63) is 60.2 Å². The van der Waals surface area contributed by atoms with Crippen LogP contribution in [0, 0.1) is 0 Å². The summed E-state index contributed by atoms with van der Waals surface area (Å²) in [5.74, 6) is 0.0835. The van der Waals surface area contributed by atoms with Crippen LogP contribution >= 0.6 is 0 Å². The smallest absolute Gasteiger partial charge is 0.322 e. The van der Waals surface area contributed by atoms with Gasteiger partial charge in [0.1, 0.15) is 17.0 Å². The summed E-state index contributed by atoms with van der Waals surface area (Å²) in [6.07, 6.45) is 2.72. The number of urea groups is 1. The zero-order chi connectivity index (χ0) is 29.9. The number of imide groups is 1. The molecule has 3 amide bonds. The van der Waals surface area contributed by atoms with Gasteiger partial charge in [0.2, 0.25) is 0 Å². The van der Waals surface area contributed by atoms with E-state index in [1.54, 1.807) is 12.1 Å². The molecular weight excluding hydrogens is 560 g/mol. The molecule has 3 N–H and O–H groups in total. The second-order valence-electron chi connectivity index (χ2n) is 10.6. The Labute approximate surface area is 244 Å². The molecule has 0 bridgehead atoms. The van der Waals surface area contributed by atoms with Crippen molar-refractivity contribution in [2.24, 2.45) is 0 Å². The van der Waals surface area contributed by atoms with E-state index in [1.807, 2.05) is 24.3 Å². The number of carbonyl (C=O) groups excluding carboxylic acids is 3. The molecule has 0 aromatic heterocycles. The first-order valence-corrected chi connectivity index (χ1v) is 15.3. The number of fused-ring (bicyclic) bond motifs is 1. The number of unbranched alkanes of at least 4 members (excludes halogenated alkanes) is 1. The first kappa shape index (κ1) is 29.3. The number of ether oxygens (including phenoxy) is 2. The topological polar surface area (TPSA) is 143 Å². The Hall–Kier alpha value is -4.16. The average Bonchev–Trinajstić information content (AvgIpc) is 3.26. The number of piperidine rings is 1. The summed E-state index contributed by atoms with van der Waals surface area (Å²) >= 11 is 0. The number of methoxy groups -OCH3 is 2. The highest BCUT2D eigenvalue weighted by atomic mass is 32.2. The Morgan fingerprint density at radius 1 is 0.952 bits per heavy atom. The predicted octanol–water partition coefficient (Wildman–Crippen LogP) is 3.68. The Bertz CT molecular complexity index is 1630. The van der Waals surface area contributed by atoms with Gasteiger partial charge in [0.05, 0.1) is 30.4 Å². The minimum atomic E-state index is -3.98. The quantitative estimate of drug-likeness (QED) is 0.173. The Morgan fingerprint density at radius 3 is 2.33 bits per heavy atom. The van der Waals surface area contributed by atoms with Crippen molar-refractivity contribution in [3.8, 4) is 11.5 Å². The molecule has 3 aromatic carbocycles. The highest BCUT2D eigenvalue weighted by Crippen LogP contribution is 2.35. The number of benzene rings is 3. The summed E-state index contributed by atoms with van der Waals surface area (Å²) < 4.78 is 40.0. The van der Waals surface area contributed by atoms with Gasteiger partial charge in [-0.25, -0.2) is 13.2 Å². The van der Waals surface area contributed by atoms with E-state index in [0.29, 0.717) is 38.1 Å². The maximum Gasteiger partial charge on any atom is 0.322 e. The molecule has 0 atom stereocenters. The molecule has 222 valence electrons. The minimum Gasteiger partial charge on any atom is -0.496 e. The maximum absolute atomic E-state index is 13.3. The average molecular weight is 595 g/mol. The lowest BCUT2D eigenvalue weighted by molar-refractivity contribution is -0.125. The van der Waals surface area contributed by atoms with Crippen molar-refractivity contribution >= 4 is 44.2 Å². The minimum absolute atomic E-state index is 0.0894. The number of anilines is 1. The van der Waals surface area contributed by atoms with Crippen LogP contribution in [0.2, 0.25) is 0 Å². The SMILES string of the molecule is COc1cc(OC)c(C(=O)CCCCN2CCC3(CC2)NC(=O)NC3=O)cc1NS(=O)(=O)c1ccc2ccccc2c1. The fourth-order valence-corrected chi connectivity index (χ4v) is 6.63. The van der Waals surface area contributed by atoms with Crippen LogP contribution in [0.25, 0.3) is 10.8 Å². The molecule has 2 saturated heterocycles. The van der Waals surface area contributed by atoms with Gasteiger partial charge in [0.25, 0.3) is 15.9 Å². The summed E-state index contributed by atoms with van der Waals surface area (Å²) in [5.41, 5.74) is -0.403. The number of hydrogen-bond acceptors (Lipinski definition) is 8. The van der Waals surface area contributed by atoms with Crippen LogP contribution in [-0.4, -0.2) is 70.4 Å². The van der Waals surface area contributed by atoms with Crippen LogP contribution in [0.5, 0.6) is 11.5 Å². The third-order valence-corrected chi connectivity index (χ3v) is 9.31.